The van der Waals surface area contributed by atoms with Gasteiger partial charge in [-0.1, -0.05) is 0 Å². The van der Waals surface area contributed by atoms with Gasteiger partial charge in [0.25, 0.3) is 0 Å². The van der Waals surface area contributed by atoms with Crippen molar-refractivity contribution in [3.05, 3.63) is 24.3 Å². The Morgan fingerprint density at radius 1 is 1.33 bits per heavy atom. The Balaban J connectivity index is 0.00000220. The summed E-state index contributed by atoms with van der Waals surface area (Å²) in [4.78, 5) is 0.282. The van der Waals surface area contributed by atoms with E-state index in [4.69, 9.17) is 4.74 Å². The third-order valence-corrected chi connectivity index (χ3v) is 4.85. The lowest BCUT2D eigenvalue weighted by molar-refractivity contribution is 0.340. The van der Waals surface area contributed by atoms with Crippen LogP contribution in [0.1, 0.15) is 19.8 Å². The normalized spacial score (nSPS) is 18.8. The lowest BCUT2D eigenvalue weighted by atomic mass is 10.0. The van der Waals surface area contributed by atoms with Crippen LogP contribution in [0.2, 0.25) is 0 Å². The first-order valence-electron chi connectivity index (χ1n) is 7.05. The highest BCUT2D eigenvalue weighted by Crippen LogP contribution is 2.16. The Kier molecular flexibility index (Phi) is 7.45. The van der Waals surface area contributed by atoms with Gasteiger partial charge in [-0.2, -0.15) is 0 Å². The summed E-state index contributed by atoms with van der Waals surface area (Å²) in [5.74, 6) is 1.06. The number of benzene rings is 1. The van der Waals surface area contributed by atoms with Gasteiger partial charge >= 0.3 is 0 Å². The smallest absolute Gasteiger partial charge is 0.240 e. The van der Waals surface area contributed by atoms with Crippen molar-refractivity contribution in [1.29, 1.82) is 0 Å². The van der Waals surface area contributed by atoms with Crippen LogP contribution in [-0.4, -0.2) is 34.7 Å². The molecule has 1 fully saturated rings. The minimum Gasteiger partial charge on any atom is -0.494 e. The van der Waals surface area contributed by atoms with Crippen LogP contribution in [0.15, 0.2) is 29.2 Å². The molecule has 5 nitrogen and oxygen atoms in total. The van der Waals surface area contributed by atoms with Gasteiger partial charge in [0.2, 0.25) is 10.0 Å². The third kappa shape index (κ3) is 5.47. The van der Waals surface area contributed by atoms with Gasteiger partial charge in [-0.3, -0.25) is 0 Å². The second-order valence-corrected chi connectivity index (χ2v) is 6.74. The molecular weight excluding hydrogens is 312 g/mol. The summed E-state index contributed by atoms with van der Waals surface area (Å²) in [6, 6.07) is 6.51. The van der Waals surface area contributed by atoms with Crippen LogP contribution in [0.3, 0.4) is 0 Å². The summed E-state index contributed by atoms with van der Waals surface area (Å²) < 4.78 is 32.3. The molecule has 1 aromatic carbocycles. The van der Waals surface area contributed by atoms with Gasteiger partial charge in [-0.15, -0.1) is 12.4 Å². The predicted molar refractivity (Wildman–Crippen MR) is 85.6 cm³/mol. The van der Waals surface area contributed by atoms with Crippen molar-refractivity contribution in [2.45, 2.75) is 24.7 Å². The lowest BCUT2D eigenvalue weighted by Gasteiger charge is -2.22. The molecule has 0 radical (unpaired) electrons. The molecule has 0 aliphatic carbocycles. The first-order valence-corrected chi connectivity index (χ1v) is 8.53. The molecule has 1 heterocycles. The molecule has 2 rings (SSSR count). The van der Waals surface area contributed by atoms with Gasteiger partial charge < -0.3 is 10.1 Å². The van der Waals surface area contributed by atoms with Crippen molar-refractivity contribution in [2.75, 3.05) is 26.2 Å². The lowest BCUT2D eigenvalue weighted by Crippen LogP contribution is -2.38. The van der Waals surface area contributed by atoms with Crippen molar-refractivity contribution in [1.82, 2.24) is 10.0 Å². The molecule has 1 aromatic rings. The molecule has 120 valence electrons. The highest BCUT2D eigenvalue weighted by molar-refractivity contribution is 7.89. The van der Waals surface area contributed by atoms with Crippen molar-refractivity contribution >= 4 is 22.4 Å². The standard InChI is InChI=1S/C14H22N2O3S.ClH/c1-2-19-13-5-7-14(8-6-13)20(17,18)16-11-12-4-3-9-15-10-12;/h5-8,12,15-16H,2-4,9-11H2,1H3;1H. The van der Waals surface area contributed by atoms with E-state index in [2.05, 4.69) is 10.0 Å². The van der Waals surface area contributed by atoms with Crippen LogP contribution in [0.4, 0.5) is 0 Å². The Bertz CT molecular complexity index is 514. The van der Waals surface area contributed by atoms with Crippen molar-refractivity contribution in [3.63, 3.8) is 0 Å². The SMILES string of the molecule is CCOc1ccc(S(=O)(=O)NCC2CCCNC2)cc1.Cl. The summed E-state index contributed by atoms with van der Waals surface area (Å²) in [5, 5.41) is 3.28. The molecular formula is C14H23ClN2O3S. The Morgan fingerprint density at radius 3 is 2.62 bits per heavy atom. The number of rotatable bonds is 6. The monoisotopic (exact) mass is 334 g/mol. The highest BCUT2D eigenvalue weighted by atomic mass is 35.5. The Labute approximate surface area is 132 Å². The van der Waals surface area contributed by atoms with Gasteiger partial charge in [0.1, 0.15) is 5.75 Å². The summed E-state index contributed by atoms with van der Waals surface area (Å²) in [6.45, 7) is 4.86. The third-order valence-electron chi connectivity index (χ3n) is 3.41. The van der Waals surface area contributed by atoms with Crippen LogP contribution in [0.5, 0.6) is 5.75 Å². The first kappa shape index (κ1) is 18.2. The number of nitrogens with one attached hydrogen (secondary N) is 2. The Hall–Kier alpha value is -0.820. The number of hydrogen-bond acceptors (Lipinski definition) is 4. The second-order valence-electron chi connectivity index (χ2n) is 4.97. The van der Waals surface area contributed by atoms with E-state index in [0.717, 1.165) is 25.9 Å². The summed E-state index contributed by atoms with van der Waals surface area (Å²) in [7, 11) is -3.42. The predicted octanol–water partition coefficient (Wildman–Crippen LogP) is 1.78. The average Bonchev–Trinajstić information content (AvgIpc) is 2.47. The maximum Gasteiger partial charge on any atom is 0.240 e. The summed E-state index contributed by atoms with van der Waals surface area (Å²) >= 11 is 0. The van der Waals surface area contributed by atoms with Gasteiger partial charge in [-0.25, -0.2) is 13.1 Å². The minimum absolute atomic E-state index is 0. The second kappa shape index (κ2) is 8.58. The van der Waals surface area contributed by atoms with Gasteiger partial charge in [0, 0.05) is 6.54 Å². The van der Waals surface area contributed by atoms with Crippen LogP contribution >= 0.6 is 12.4 Å². The quantitative estimate of drug-likeness (QED) is 0.832. The van der Waals surface area contributed by atoms with Gasteiger partial charge in [0.15, 0.2) is 0 Å². The molecule has 2 N–H and O–H groups in total. The minimum atomic E-state index is -3.42. The number of hydrogen-bond donors (Lipinski definition) is 2. The van der Waals surface area contributed by atoms with Crippen molar-refractivity contribution in [2.24, 2.45) is 5.92 Å². The van der Waals surface area contributed by atoms with Crippen LogP contribution in [0.25, 0.3) is 0 Å². The van der Waals surface area contributed by atoms with E-state index in [1.54, 1.807) is 24.3 Å². The molecule has 0 saturated carbocycles. The molecule has 1 saturated heterocycles. The van der Waals surface area contributed by atoms with E-state index in [9.17, 15) is 8.42 Å². The summed E-state index contributed by atoms with van der Waals surface area (Å²) in [5.41, 5.74) is 0. The van der Waals surface area contributed by atoms with E-state index in [1.807, 2.05) is 6.92 Å². The molecule has 1 unspecified atom stereocenters. The Morgan fingerprint density at radius 2 is 2.05 bits per heavy atom. The van der Waals surface area contributed by atoms with Crippen LogP contribution in [-0.2, 0) is 10.0 Å². The average molecular weight is 335 g/mol. The maximum absolute atomic E-state index is 12.2. The molecule has 1 aliphatic heterocycles. The van der Waals surface area contributed by atoms with E-state index in [-0.39, 0.29) is 17.3 Å². The fourth-order valence-corrected chi connectivity index (χ4v) is 3.41. The molecule has 21 heavy (non-hydrogen) atoms. The van der Waals surface area contributed by atoms with E-state index < -0.39 is 10.0 Å². The van der Waals surface area contributed by atoms with Gasteiger partial charge in [0.05, 0.1) is 11.5 Å². The number of piperidine rings is 1. The van der Waals surface area contributed by atoms with E-state index >= 15 is 0 Å². The molecule has 0 aromatic heterocycles. The molecule has 0 amide bonds. The number of sulfonamides is 1. The number of ether oxygens (including phenoxy) is 1. The fourth-order valence-electron chi connectivity index (χ4n) is 2.29. The van der Waals surface area contributed by atoms with Crippen molar-refractivity contribution < 1.29 is 13.2 Å². The molecule has 1 aliphatic rings. The number of halogens is 1. The zero-order valence-corrected chi connectivity index (χ0v) is 13.8. The summed E-state index contributed by atoms with van der Waals surface area (Å²) in [6.07, 6.45) is 2.17. The van der Waals surface area contributed by atoms with E-state index in [0.29, 0.717) is 24.8 Å². The zero-order chi connectivity index (χ0) is 14.4. The molecule has 7 heteroatoms. The highest BCUT2D eigenvalue weighted by Gasteiger charge is 2.18. The fraction of sp³-hybridized carbons (Fsp3) is 0.571. The first-order chi connectivity index (χ1) is 9.62. The van der Waals surface area contributed by atoms with Crippen LogP contribution in [0, 0.1) is 5.92 Å². The van der Waals surface area contributed by atoms with Crippen LogP contribution < -0.4 is 14.8 Å². The van der Waals surface area contributed by atoms with E-state index in [1.165, 1.54) is 0 Å². The molecule has 0 bridgehead atoms. The molecule has 0 spiro atoms. The molecule has 1 atom stereocenters. The maximum atomic E-state index is 12.2. The van der Waals surface area contributed by atoms with Gasteiger partial charge in [-0.05, 0) is 63.0 Å². The topological polar surface area (TPSA) is 67.4 Å². The zero-order valence-electron chi connectivity index (χ0n) is 12.2. The van der Waals surface area contributed by atoms with Crippen molar-refractivity contribution in [3.8, 4) is 5.75 Å². The largest absolute Gasteiger partial charge is 0.494 e.